The Hall–Kier alpha value is -2.83. The van der Waals surface area contributed by atoms with Crippen LogP contribution in [-0.4, -0.2) is 19.5 Å². The van der Waals surface area contributed by atoms with E-state index in [2.05, 4.69) is 21.9 Å². The fourth-order valence-electron chi connectivity index (χ4n) is 2.80. The number of hydrogen-bond donors (Lipinski definition) is 1. The van der Waals surface area contributed by atoms with Crippen molar-refractivity contribution in [2.24, 2.45) is 0 Å². The van der Waals surface area contributed by atoms with E-state index in [-0.39, 0.29) is 22.3 Å². The number of nitrogens with zero attached hydrogens (tertiary/aromatic N) is 4. The molecule has 2 heterocycles. The molecule has 0 bridgehead atoms. The second-order valence-electron chi connectivity index (χ2n) is 6.41. The molecule has 0 radical (unpaired) electrons. The Morgan fingerprint density at radius 2 is 2.00 bits per heavy atom. The highest BCUT2D eigenvalue weighted by molar-refractivity contribution is 5.82. The third-order valence-corrected chi connectivity index (χ3v) is 4.42. The van der Waals surface area contributed by atoms with E-state index in [4.69, 9.17) is 5.73 Å². The lowest BCUT2D eigenvalue weighted by molar-refractivity contribution is 0.567. The van der Waals surface area contributed by atoms with E-state index in [1.165, 1.54) is 23.0 Å². The minimum atomic E-state index is -0.566. The number of unbranched alkanes of at least 4 members (excludes halogenated alkanes) is 3. The van der Waals surface area contributed by atoms with E-state index in [0.717, 1.165) is 31.2 Å². The Balaban J connectivity index is 1.99. The number of halogens is 1. The monoisotopic (exact) mass is 355 g/mol. The number of aromatic nitrogens is 4. The number of benzene rings is 1. The molecule has 1 aromatic carbocycles. The molecule has 0 amide bonds. The molecule has 6 nitrogen and oxygen atoms in total. The van der Waals surface area contributed by atoms with Crippen LogP contribution in [0.1, 0.15) is 38.2 Å². The van der Waals surface area contributed by atoms with Crippen molar-refractivity contribution in [3.8, 4) is 11.4 Å². The lowest BCUT2D eigenvalue weighted by Gasteiger charge is -2.09. The summed E-state index contributed by atoms with van der Waals surface area (Å²) in [6.07, 6.45) is 7.28. The van der Waals surface area contributed by atoms with Crippen molar-refractivity contribution < 1.29 is 4.39 Å². The molecule has 3 rings (SSSR count). The van der Waals surface area contributed by atoms with Gasteiger partial charge in [0.2, 0.25) is 0 Å². The lowest BCUT2D eigenvalue weighted by Crippen LogP contribution is -2.21. The summed E-state index contributed by atoms with van der Waals surface area (Å²) in [4.78, 5) is 25.2. The second kappa shape index (κ2) is 7.59. The zero-order chi connectivity index (χ0) is 18.7. The molecule has 0 aliphatic heterocycles. The first-order valence-corrected chi connectivity index (χ1v) is 8.79. The Morgan fingerprint density at radius 1 is 1.19 bits per heavy atom. The minimum absolute atomic E-state index is 0.178. The van der Waals surface area contributed by atoms with Gasteiger partial charge in [0.25, 0.3) is 5.56 Å². The normalized spacial score (nSPS) is 11.2. The molecule has 3 aromatic rings. The van der Waals surface area contributed by atoms with Crippen LogP contribution in [0, 0.1) is 12.7 Å². The van der Waals surface area contributed by atoms with Crippen LogP contribution < -0.4 is 11.3 Å². The van der Waals surface area contributed by atoms with Gasteiger partial charge in [-0.05, 0) is 25.5 Å². The topological polar surface area (TPSA) is 86.7 Å². The molecular weight excluding hydrogens is 333 g/mol. The van der Waals surface area contributed by atoms with Crippen LogP contribution in [0.15, 0.2) is 29.5 Å². The van der Waals surface area contributed by atoms with Gasteiger partial charge >= 0.3 is 0 Å². The Morgan fingerprint density at radius 3 is 2.73 bits per heavy atom. The van der Waals surface area contributed by atoms with Gasteiger partial charge in [0.05, 0.1) is 22.8 Å². The summed E-state index contributed by atoms with van der Waals surface area (Å²) in [5.74, 6) is -0.0913. The molecule has 2 N–H and O–H groups in total. The fourth-order valence-corrected chi connectivity index (χ4v) is 2.80. The third kappa shape index (κ3) is 3.56. The van der Waals surface area contributed by atoms with E-state index < -0.39 is 5.82 Å². The molecule has 26 heavy (non-hydrogen) atoms. The molecule has 0 atom stereocenters. The van der Waals surface area contributed by atoms with Gasteiger partial charge in [0.1, 0.15) is 11.6 Å². The molecule has 0 unspecified atom stereocenters. The van der Waals surface area contributed by atoms with E-state index >= 15 is 0 Å². The maximum Gasteiger partial charge on any atom is 0.261 e. The molecule has 0 saturated heterocycles. The molecule has 0 aliphatic carbocycles. The van der Waals surface area contributed by atoms with E-state index in [1.807, 2.05) is 0 Å². The van der Waals surface area contributed by atoms with Crippen LogP contribution in [0.2, 0.25) is 0 Å². The first kappa shape index (κ1) is 18.0. The molecule has 0 spiro atoms. The summed E-state index contributed by atoms with van der Waals surface area (Å²) in [7, 11) is 0. The van der Waals surface area contributed by atoms with E-state index in [9.17, 15) is 9.18 Å². The van der Waals surface area contributed by atoms with Gasteiger partial charge in [-0.25, -0.2) is 19.3 Å². The van der Waals surface area contributed by atoms with Crippen molar-refractivity contribution in [2.75, 3.05) is 5.73 Å². The van der Waals surface area contributed by atoms with Gasteiger partial charge in [-0.2, -0.15) is 0 Å². The molecule has 136 valence electrons. The Kier molecular flexibility index (Phi) is 5.25. The van der Waals surface area contributed by atoms with Crippen LogP contribution in [-0.2, 0) is 6.54 Å². The predicted molar refractivity (Wildman–Crippen MR) is 100 cm³/mol. The zero-order valence-corrected chi connectivity index (χ0v) is 15.0. The number of hydrogen-bond acceptors (Lipinski definition) is 5. The van der Waals surface area contributed by atoms with Gasteiger partial charge in [0.15, 0.2) is 5.82 Å². The Labute approximate surface area is 150 Å². The first-order valence-electron chi connectivity index (χ1n) is 8.79. The van der Waals surface area contributed by atoms with Crippen molar-refractivity contribution >= 4 is 16.7 Å². The molecule has 0 fully saturated rings. The molecule has 0 aliphatic rings. The van der Waals surface area contributed by atoms with Crippen molar-refractivity contribution in [3.05, 3.63) is 46.4 Å². The average Bonchev–Trinajstić information content (AvgIpc) is 2.63. The standard InChI is InChI=1S/C19H22FN5O/c1-3-4-5-6-7-25-11-23-16-9-13(15(20)8-14(16)19(25)26)18-22-10-12(2)17(21)24-18/h8-11H,3-7H2,1-2H3,(H2,21,22,24). The summed E-state index contributed by atoms with van der Waals surface area (Å²) >= 11 is 0. The quantitative estimate of drug-likeness (QED) is 0.684. The smallest absolute Gasteiger partial charge is 0.261 e. The van der Waals surface area contributed by atoms with Crippen LogP contribution in [0.3, 0.4) is 0 Å². The van der Waals surface area contributed by atoms with Gasteiger partial charge in [-0.15, -0.1) is 0 Å². The number of rotatable bonds is 6. The predicted octanol–water partition coefficient (Wildman–Crippen LogP) is 3.46. The third-order valence-electron chi connectivity index (χ3n) is 4.42. The van der Waals surface area contributed by atoms with Crippen LogP contribution in [0.5, 0.6) is 0 Å². The minimum Gasteiger partial charge on any atom is -0.383 e. The average molecular weight is 355 g/mol. The van der Waals surface area contributed by atoms with Gasteiger partial charge in [0, 0.05) is 18.3 Å². The van der Waals surface area contributed by atoms with E-state index in [1.54, 1.807) is 13.1 Å². The van der Waals surface area contributed by atoms with Crippen molar-refractivity contribution in [2.45, 2.75) is 46.1 Å². The fraction of sp³-hybridized carbons (Fsp3) is 0.368. The number of nitrogen functional groups attached to an aromatic ring is 1. The van der Waals surface area contributed by atoms with Gasteiger partial charge < -0.3 is 5.73 Å². The second-order valence-corrected chi connectivity index (χ2v) is 6.41. The van der Waals surface area contributed by atoms with Gasteiger partial charge in [-0.3, -0.25) is 9.36 Å². The summed E-state index contributed by atoms with van der Waals surface area (Å²) in [5.41, 5.74) is 6.87. The maximum atomic E-state index is 14.6. The SMILES string of the molecule is CCCCCCn1cnc2cc(-c3ncc(C)c(N)n3)c(F)cc2c1=O. The van der Waals surface area contributed by atoms with E-state index in [0.29, 0.717) is 17.9 Å². The first-order chi connectivity index (χ1) is 12.5. The Bertz CT molecular complexity index is 999. The lowest BCUT2D eigenvalue weighted by atomic mass is 10.1. The number of anilines is 1. The number of fused-ring (bicyclic) bond motifs is 1. The summed E-state index contributed by atoms with van der Waals surface area (Å²) in [5, 5.41) is 0.254. The highest BCUT2D eigenvalue weighted by Gasteiger charge is 2.14. The van der Waals surface area contributed by atoms with Crippen LogP contribution in [0.4, 0.5) is 10.2 Å². The van der Waals surface area contributed by atoms with Crippen molar-refractivity contribution in [1.82, 2.24) is 19.5 Å². The summed E-state index contributed by atoms with van der Waals surface area (Å²) in [6.45, 7) is 4.50. The molecule has 7 heteroatoms. The molecule has 0 saturated carbocycles. The zero-order valence-electron chi connectivity index (χ0n) is 15.0. The van der Waals surface area contributed by atoms with Crippen molar-refractivity contribution in [3.63, 3.8) is 0 Å². The highest BCUT2D eigenvalue weighted by atomic mass is 19.1. The largest absolute Gasteiger partial charge is 0.383 e. The summed E-state index contributed by atoms with van der Waals surface area (Å²) < 4.78 is 16.1. The number of nitrogens with two attached hydrogens (primary N) is 1. The van der Waals surface area contributed by atoms with Crippen LogP contribution >= 0.6 is 0 Å². The number of aryl methyl sites for hydroxylation is 2. The maximum absolute atomic E-state index is 14.6. The van der Waals surface area contributed by atoms with Gasteiger partial charge in [-0.1, -0.05) is 26.2 Å². The van der Waals surface area contributed by atoms with Crippen LogP contribution in [0.25, 0.3) is 22.3 Å². The summed E-state index contributed by atoms with van der Waals surface area (Å²) in [6, 6.07) is 2.71. The highest BCUT2D eigenvalue weighted by Crippen LogP contribution is 2.24. The van der Waals surface area contributed by atoms with Crippen molar-refractivity contribution in [1.29, 1.82) is 0 Å². The molecular formula is C19H22FN5O. The molecule has 2 aromatic heterocycles.